The lowest BCUT2D eigenvalue weighted by Gasteiger charge is -2.06. The van der Waals surface area contributed by atoms with Gasteiger partial charge in [-0.1, -0.05) is 12.7 Å². The molecule has 0 amide bonds. The van der Waals surface area contributed by atoms with Gasteiger partial charge in [0, 0.05) is 17.1 Å². The van der Waals surface area contributed by atoms with Gasteiger partial charge in [-0.3, -0.25) is 9.59 Å². The van der Waals surface area contributed by atoms with Gasteiger partial charge in [-0.25, -0.2) is 0 Å². The topological polar surface area (TPSA) is 80.4 Å². The highest BCUT2D eigenvalue weighted by Gasteiger charge is 2.21. The molecular weight excluding hydrogens is 308 g/mol. The van der Waals surface area contributed by atoms with Crippen LogP contribution in [0.15, 0.2) is 35.8 Å². The second-order valence-electron chi connectivity index (χ2n) is 5.36. The Morgan fingerprint density at radius 2 is 2.17 bits per heavy atom. The van der Waals surface area contributed by atoms with Gasteiger partial charge in [0.25, 0.3) is 5.56 Å². The first-order valence-corrected chi connectivity index (χ1v) is 7.73. The van der Waals surface area contributed by atoms with Crippen LogP contribution in [0.3, 0.4) is 0 Å². The van der Waals surface area contributed by atoms with E-state index in [-0.39, 0.29) is 17.6 Å². The van der Waals surface area contributed by atoms with Crippen LogP contribution >= 0.6 is 0 Å². The van der Waals surface area contributed by atoms with Crippen LogP contribution in [0, 0.1) is 0 Å². The van der Waals surface area contributed by atoms with Crippen LogP contribution in [-0.2, 0) is 9.53 Å². The third kappa shape index (κ3) is 4.02. The number of aromatic amines is 1. The maximum atomic E-state index is 11.5. The number of rotatable bonds is 3. The second-order valence-corrected chi connectivity index (χ2v) is 5.36. The summed E-state index contributed by atoms with van der Waals surface area (Å²) in [5, 5.41) is 4.54. The minimum Gasteiger partial charge on any atom is -0.496 e. The van der Waals surface area contributed by atoms with E-state index in [1.54, 1.807) is 25.4 Å². The van der Waals surface area contributed by atoms with Crippen LogP contribution < -0.4 is 15.6 Å². The molecule has 1 aliphatic rings. The lowest BCUT2D eigenvalue weighted by Crippen LogP contribution is -2.31. The summed E-state index contributed by atoms with van der Waals surface area (Å²) in [7, 11) is 3.02. The first-order valence-electron chi connectivity index (χ1n) is 7.73. The second kappa shape index (κ2) is 8.31. The molecule has 2 aromatic rings. The van der Waals surface area contributed by atoms with Gasteiger partial charge in [-0.2, -0.15) is 0 Å². The van der Waals surface area contributed by atoms with E-state index in [2.05, 4.69) is 21.6 Å². The van der Waals surface area contributed by atoms with E-state index in [1.807, 2.05) is 12.1 Å². The van der Waals surface area contributed by atoms with Crippen molar-refractivity contribution in [2.45, 2.75) is 18.9 Å². The number of fused-ring (bicyclic) bond motifs is 1. The molecule has 0 radical (unpaired) electrons. The molecule has 6 heteroatoms. The highest BCUT2D eigenvalue weighted by Crippen LogP contribution is 2.24. The minimum atomic E-state index is -0.132. The molecule has 0 saturated carbocycles. The fourth-order valence-electron chi connectivity index (χ4n) is 2.60. The highest BCUT2D eigenvalue weighted by molar-refractivity contribution is 5.86. The number of hydrogen-bond acceptors (Lipinski definition) is 5. The van der Waals surface area contributed by atoms with E-state index in [1.165, 1.54) is 7.11 Å². The molecule has 1 aromatic heterocycles. The van der Waals surface area contributed by atoms with E-state index in [0.717, 1.165) is 36.1 Å². The smallest absolute Gasteiger partial charge is 0.322 e. The Morgan fingerprint density at radius 3 is 2.75 bits per heavy atom. The fraction of sp³-hybridized carbons (Fsp3) is 0.333. The third-order valence-corrected chi connectivity index (χ3v) is 3.89. The van der Waals surface area contributed by atoms with Crippen molar-refractivity contribution >= 4 is 22.8 Å². The summed E-state index contributed by atoms with van der Waals surface area (Å²) in [5.41, 5.74) is 0.722. The number of methoxy groups -OCH3 is 2. The molecule has 1 aromatic carbocycles. The van der Waals surface area contributed by atoms with Crippen molar-refractivity contribution in [3.8, 4) is 5.75 Å². The predicted octanol–water partition coefficient (Wildman–Crippen LogP) is 2.09. The molecule has 24 heavy (non-hydrogen) atoms. The van der Waals surface area contributed by atoms with Gasteiger partial charge in [0.1, 0.15) is 11.8 Å². The van der Waals surface area contributed by atoms with Gasteiger partial charge < -0.3 is 19.8 Å². The predicted molar refractivity (Wildman–Crippen MR) is 94.3 cm³/mol. The summed E-state index contributed by atoms with van der Waals surface area (Å²) in [6.45, 7) is 4.63. The summed E-state index contributed by atoms with van der Waals surface area (Å²) in [5.74, 6) is 0.593. The van der Waals surface area contributed by atoms with Crippen molar-refractivity contribution in [2.75, 3.05) is 20.8 Å². The number of nitrogens with one attached hydrogen (secondary N) is 2. The van der Waals surface area contributed by atoms with E-state index in [0.29, 0.717) is 5.39 Å². The molecule has 1 fully saturated rings. The highest BCUT2D eigenvalue weighted by atomic mass is 16.5. The van der Waals surface area contributed by atoms with Gasteiger partial charge >= 0.3 is 5.97 Å². The maximum absolute atomic E-state index is 11.5. The Morgan fingerprint density at radius 1 is 1.38 bits per heavy atom. The number of H-pyrrole nitrogens is 1. The van der Waals surface area contributed by atoms with Gasteiger partial charge in [-0.05, 0) is 43.0 Å². The van der Waals surface area contributed by atoms with Crippen molar-refractivity contribution in [3.63, 3.8) is 0 Å². The zero-order valence-corrected chi connectivity index (χ0v) is 13.9. The zero-order valence-electron chi connectivity index (χ0n) is 13.9. The molecule has 0 aliphatic carbocycles. The molecule has 1 unspecified atom stereocenters. The van der Waals surface area contributed by atoms with Crippen LogP contribution in [0.5, 0.6) is 5.75 Å². The number of esters is 1. The van der Waals surface area contributed by atoms with Crippen LogP contribution in [0.1, 0.15) is 18.4 Å². The Balaban J connectivity index is 0.000000198. The first-order chi connectivity index (χ1) is 11.6. The van der Waals surface area contributed by atoms with Crippen LogP contribution in [-0.4, -0.2) is 37.8 Å². The Labute approximate surface area is 140 Å². The molecule has 3 rings (SSSR count). The molecule has 0 spiro atoms. The normalized spacial score (nSPS) is 16.2. The van der Waals surface area contributed by atoms with Gasteiger partial charge in [0.2, 0.25) is 0 Å². The van der Waals surface area contributed by atoms with Crippen molar-refractivity contribution < 1.29 is 14.3 Å². The molecule has 6 nitrogen and oxygen atoms in total. The SMILES string of the molecule is C=Cc1cc2c(=O)[nH]ccc2cc1OC.COC(=O)C1CCCN1. The van der Waals surface area contributed by atoms with Crippen LogP contribution in [0.2, 0.25) is 0 Å². The Bertz CT molecular complexity index is 776. The molecule has 128 valence electrons. The Hall–Kier alpha value is -2.60. The van der Waals surface area contributed by atoms with Crippen molar-refractivity contribution in [1.82, 2.24) is 10.3 Å². The summed E-state index contributed by atoms with van der Waals surface area (Å²) >= 11 is 0. The van der Waals surface area contributed by atoms with Gasteiger partial charge in [0.05, 0.1) is 14.2 Å². The molecule has 1 saturated heterocycles. The van der Waals surface area contributed by atoms with Crippen molar-refractivity contribution in [3.05, 3.63) is 46.9 Å². The molecule has 2 N–H and O–H groups in total. The van der Waals surface area contributed by atoms with Gasteiger partial charge in [0.15, 0.2) is 0 Å². The summed E-state index contributed by atoms with van der Waals surface area (Å²) in [6.07, 6.45) is 5.30. The average molecular weight is 330 g/mol. The lowest BCUT2D eigenvalue weighted by atomic mass is 10.1. The summed E-state index contributed by atoms with van der Waals surface area (Å²) in [4.78, 5) is 24.9. The quantitative estimate of drug-likeness (QED) is 0.842. The standard InChI is InChI=1S/C12H11NO2.C6H11NO2/c1-3-8-6-10-9(7-11(8)15-2)4-5-13-12(10)14;1-9-6(8)5-3-2-4-7-5/h3-7H,1H2,2H3,(H,13,14);5,7H,2-4H2,1H3. The molecule has 1 aliphatic heterocycles. The fourth-order valence-corrected chi connectivity index (χ4v) is 2.60. The molecule has 2 heterocycles. The van der Waals surface area contributed by atoms with Gasteiger partial charge in [-0.15, -0.1) is 0 Å². The summed E-state index contributed by atoms with van der Waals surface area (Å²) in [6, 6.07) is 5.42. The lowest BCUT2D eigenvalue weighted by molar-refractivity contribution is -0.142. The maximum Gasteiger partial charge on any atom is 0.322 e. The van der Waals surface area contributed by atoms with Crippen LogP contribution in [0.4, 0.5) is 0 Å². The van der Waals surface area contributed by atoms with E-state index < -0.39 is 0 Å². The van der Waals surface area contributed by atoms with Crippen molar-refractivity contribution in [2.24, 2.45) is 0 Å². The number of benzene rings is 1. The minimum absolute atomic E-state index is 0.0324. The summed E-state index contributed by atoms with van der Waals surface area (Å²) < 4.78 is 9.73. The zero-order chi connectivity index (χ0) is 17.5. The van der Waals surface area contributed by atoms with E-state index in [4.69, 9.17) is 4.74 Å². The number of aromatic nitrogens is 1. The van der Waals surface area contributed by atoms with Crippen LogP contribution in [0.25, 0.3) is 16.8 Å². The number of ether oxygens (including phenoxy) is 2. The molecule has 0 bridgehead atoms. The first kappa shape index (κ1) is 17.7. The van der Waals surface area contributed by atoms with E-state index in [9.17, 15) is 9.59 Å². The van der Waals surface area contributed by atoms with E-state index >= 15 is 0 Å². The number of carbonyl (C=O) groups excluding carboxylic acids is 1. The Kier molecular flexibility index (Phi) is 6.14. The third-order valence-electron chi connectivity index (χ3n) is 3.89. The number of hydrogen-bond donors (Lipinski definition) is 2. The largest absolute Gasteiger partial charge is 0.496 e. The monoisotopic (exact) mass is 330 g/mol. The average Bonchev–Trinajstić information content (AvgIpc) is 3.15. The van der Waals surface area contributed by atoms with Crippen molar-refractivity contribution in [1.29, 1.82) is 0 Å². The number of carbonyl (C=O) groups is 1. The number of pyridine rings is 1. The molecule has 1 atom stereocenters. The molecular formula is C18H22N2O4.